The highest BCUT2D eigenvalue weighted by atomic mass is 16.2. The molecule has 2 fully saturated rings. The fraction of sp³-hybridized carbons (Fsp3) is 0.929. The van der Waals surface area contributed by atoms with E-state index in [1.807, 2.05) is 0 Å². The predicted octanol–water partition coefficient (Wildman–Crippen LogP) is 2.07. The van der Waals surface area contributed by atoms with Gasteiger partial charge < -0.3 is 10.6 Å². The van der Waals surface area contributed by atoms with E-state index in [-0.39, 0.29) is 11.4 Å². The number of hydrogen-bond acceptors (Lipinski definition) is 2. The highest BCUT2D eigenvalue weighted by molar-refractivity contribution is 5.86. The van der Waals surface area contributed by atoms with Crippen LogP contribution >= 0.6 is 0 Å². The minimum absolute atomic E-state index is 0.233. The van der Waals surface area contributed by atoms with Crippen LogP contribution in [0.5, 0.6) is 0 Å². The van der Waals surface area contributed by atoms with Crippen molar-refractivity contribution in [2.75, 3.05) is 13.1 Å². The average molecular weight is 238 g/mol. The van der Waals surface area contributed by atoms with Gasteiger partial charge in [0, 0.05) is 6.54 Å². The molecule has 98 valence electrons. The van der Waals surface area contributed by atoms with Crippen molar-refractivity contribution in [3.05, 3.63) is 0 Å². The quantitative estimate of drug-likeness (QED) is 0.787. The van der Waals surface area contributed by atoms with Gasteiger partial charge in [-0.3, -0.25) is 4.79 Å². The Kier molecular flexibility index (Phi) is 4.08. The van der Waals surface area contributed by atoms with E-state index in [0.717, 1.165) is 38.3 Å². The molecule has 0 spiro atoms. The zero-order chi connectivity index (χ0) is 12.3. The lowest BCUT2D eigenvalue weighted by Gasteiger charge is -2.28. The maximum atomic E-state index is 12.3. The summed E-state index contributed by atoms with van der Waals surface area (Å²) < 4.78 is 0. The first-order valence-electron chi connectivity index (χ1n) is 7.21. The van der Waals surface area contributed by atoms with Gasteiger partial charge in [0.2, 0.25) is 5.91 Å². The average Bonchev–Trinajstić information content (AvgIpc) is 2.95. The molecule has 1 aliphatic heterocycles. The molecule has 2 aliphatic rings. The molecule has 0 aromatic heterocycles. The summed E-state index contributed by atoms with van der Waals surface area (Å²) in [6.07, 6.45) is 6.97. The molecule has 3 nitrogen and oxygen atoms in total. The summed E-state index contributed by atoms with van der Waals surface area (Å²) in [5, 5.41) is 6.58. The number of rotatable bonds is 4. The summed E-state index contributed by atoms with van der Waals surface area (Å²) in [6, 6.07) is 0. The minimum atomic E-state index is -0.262. The third-order valence-electron chi connectivity index (χ3n) is 4.85. The SMILES string of the molecule is CCC1(C(=O)NCC2CCCC2C)CCCN1. The first-order chi connectivity index (χ1) is 8.18. The maximum absolute atomic E-state index is 12.3. The summed E-state index contributed by atoms with van der Waals surface area (Å²) in [6.45, 7) is 6.29. The minimum Gasteiger partial charge on any atom is -0.354 e. The predicted molar refractivity (Wildman–Crippen MR) is 69.8 cm³/mol. The Labute approximate surface area is 105 Å². The molecule has 0 radical (unpaired) electrons. The molecule has 1 heterocycles. The molecule has 17 heavy (non-hydrogen) atoms. The third-order valence-corrected chi connectivity index (χ3v) is 4.85. The van der Waals surface area contributed by atoms with Crippen molar-refractivity contribution in [3.63, 3.8) is 0 Å². The van der Waals surface area contributed by atoms with Crippen molar-refractivity contribution in [3.8, 4) is 0 Å². The largest absolute Gasteiger partial charge is 0.354 e. The van der Waals surface area contributed by atoms with Crippen LogP contribution in [0.3, 0.4) is 0 Å². The Morgan fingerprint density at radius 3 is 2.76 bits per heavy atom. The maximum Gasteiger partial charge on any atom is 0.240 e. The zero-order valence-corrected chi connectivity index (χ0v) is 11.2. The monoisotopic (exact) mass is 238 g/mol. The van der Waals surface area contributed by atoms with Crippen LogP contribution in [-0.4, -0.2) is 24.5 Å². The number of carbonyl (C=O) groups is 1. The summed E-state index contributed by atoms with van der Waals surface area (Å²) in [4.78, 5) is 12.3. The van der Waals surface area contributed by atoms with Gasteiger partial charge in [0.15, 0.2) is 0 Å². The van der Waals surface area contributed by atoms with Crippen molar-refractivity contribution in [2.24, 2.45) is 11.8 Å². The fourth-order valence-electron chi connectivity index (χ4n) is 3.38. The van der Waals surface area contributed by atoms with Crippen LogP contribution in [0.1, 0.15) is 52.4 Å². The Balaban J connectivity index is 1.84. The summed E-state index contributed by atoms with van der Waals surface area (Å²) in [5.41, 5.74) is -0.262. The van der Waals surface area contributed by atoms with E-state index in [2.05, 4.69) is 24.5 Å². The summed E-state index contributed by atoms with van der Waals surface area (Å²) in [7, 11) is 0. The number of carbonyl (C=O) groups excluding carboxylic acids is 1. The molecule has 0 bridgehead atoms. The van der Waals surface area contributed by atoms with Gasteiger partial charge in [0.25, 0.3) is 0 Å². The van der Waals surface area contributed by atoms with Gasteiger partial charge >= 0.3 is 0 Å². The Bertz CT molecular complexity index is 271. The van der Waals surface area contributed by atoms with Gasteiger partial charge in [0.1, 0.15) is 0 Å². The second-order valence-electron chi connectivity index (χ2n) is 5.84. The van der Waals surface area contributed by atoms with E-state index in [9.17, 15) is 4.79 Å². The van der Waals surface area contributed by atoms with Gasteiger partial charge in [-0.2, -0.15) is 0 Å². The second kappa shape index (κ2) is 5.38. The molecule has 1 saturated heterocycles. The van der Waals surface area contributed by atoms with E-state index in [0.29, 0.717) is 5.92 Å². The molecule has 0 aromatic rings. The lowest BCUT2D eigenvalue weighted by atomic mass is 9.92. The van der Waals surface area contributed by atoms with Crippen LogP contribution in [0.2, 0.25) is 0 Å². The number of nitrogens with one attached hydrogen (secondary N) is 2. The Morgan fingerprint density at radius 1 is 1.41 bits per heavy atom. The van der Waals surface area contributed by atoms with Crippen molar-refractivity contribution in [1.29, 1.82) is 0 Å². The van der Waals surface area contributed by atoms with Gasteiger partial charge in [-0.1, -0.05) is 26.7 Å². The molecule has 3 heteroatoms. The fourth-order valence-corrected chi connectivity index (χ4v) is 3.38. The summed E-state index contributed by atoms with van der Waals surface area (Å²) >= 11 is 0. The van der Waals surface area contributed by atoms with E-state index >= 15 is 0 Å². The van der Waals surface area contributed by atoms with Gasteiger partial charge in [0.05, 0.1) is 5.54 Å². The molecule has 1 amide bonds. The van der Waals surface area contributed by atoms with Crippen LogP contribution < -0.4 is 10.6 Å². The standard InChI is InChI=1S/C14H26N2O/c1-3-14(8-5-9-16-14)13(17)15-10-12-7-4-6-11(12)2/h11-12,16H,3-10H2,1-2H3,(H,15,17). The smallest absolute Gasteiger partial charge is 0.240 e. The highest BCUT2D eigenvalue weighted by Crippen LogP contribution is 2.31. The molecule has 3 unspecified atom stereocenters. The van der Waals surface area contributed by atoms with Crippen molar-refractivity contribution < 1.29 is 4.79 Å². The van der Waals surface area contributed by atoms with E-state index < -0.39 is 0 Å². The molecule has 3 atom stereocenters. The van der Waals surface area contributed by atoms with Crippen LogP contribution in [0, 0.1) is 11.8 Å². The topological polar surface area (TPSA) is 41.1 Å². The molecule has 0 aromatic carbocycles. The Hall–Kier alpha value is -0.570. The van der Waals surface area contributed by atoms with Crippen molar-refractivity contribution in [2.45, 2.75) is 57.9 Å². The lowest BCUT2D eigenvalue weighted by Crippen LogP contribution is -2.53. The lowest BCUT2D eigenvalue weighted by molar-refractivity contribution is -0.127. The van der Waals surface area contributed by atoms with Gasteiger partial charge in [-0.05, 0) is 44.1 Å². The van der Waals surface area contributed by atoms with Crippen LogP contribution in [0.4, 0.5) is 0 Å². The van der Waals surface area contributed by atoms with E-state index in [4.69, 9.17) is 0 Å². The molecule has 1 saturated carbocycles. The molecule has 2 N–H and O–H groups in total. The zero-order valence-electron chi connectivity index (χ0n) is 11.2. The van der Waals surface area contributed by atoms with Crippen LogP contribution in [0.15, 0.2) is 0 Å². The van der Waals surface area contributed by atoms with Crippen LogP contribution in [-0.2, 0) is 4.79 Å². The van der Waals surface area contributed by atoms with Crippen molar-refractivity contribution >= 4 is 5.91 Å². The van der Waals surface area contributed by atoms with Crippen LogP contribution in [0.25, 0.3) is 0 Å². The third kappa shape index (κ3) is 2.65. The second-order valence-corrected chi connectivity index (χ2v) is 5.84. The first kappa shape index (κ1) is 12.9. The normalized spacial score (nSPS) is 37.3. The molecular weight excluding hydrogens is 212 g/mol. The van der Waals surface area contributed by atoms with Gasteiger partial charge in [-0.15, -0.1) is 0 Å². The Morgan fingerprint density at radius 2 is 2.24 bits per heavy atom. The molecule has 2 rings (SSSR count). The molecule has 1 aliphatic carbocycles. The van der Waals surface area contributed by atoms with Gasteiger partial charge in [-0.25, -0.2) is 0 Å². The highest BCUT2D eigenvalue weighted by Gasteiger charge is 2.39. The van der Waals surface area contributed by atoms with E-state index in [1.54, 1.807) is 0 Å². The molecular formula is C14H26N2O. The van der Waals surface area contributed by atoms with E-state index in [1.165, 1.54) is 19.3 Å². The summed E-state index contributed by atoms with van der Waals surface area (Å²) in [5.74, 6) is 1.72. The van der Waals surface area contributed by atoms with Crippen molar-refractivity contribution in [1.82, 2.24) is 10.6 Å². The first-order valence-corrected chi connectivity index (χ1v) is 7.21. The number of hydrogen-bond donors (Lipinski definition) is 2. The number of amides is 1.